The van der Waals surface area contributed by atoms with Crippen LogP contribution in [0.1, 0.15) is 30.6 Å². The van der Waals surface area contributed by atoms with Crippen molar-refractivity contribution in [3.63, 3.8) is 0 Å². The van der Waals surface area contributed by atoms with Crippen molar-refractivity contribution >= 4 is 28.8 Å². The Bertz CT molecular complexity index is 356. The van der Waals surface area contributed by atoms with E-state index in [0.717, 1.165) is 35.1 Å². The van der Waals surface area contributed by atoms with Crippen LogP contribution >= 0.6 is 22.9 Å². The standard InChI is InChI=1S/C12H16ClNOS/c13-11-6-5-10(16-11)9-12(15)14-7-3-1-2-4-8-14/h5-6H,1-4,7-9H2. The lowest BCUT2D eigenvalue weighted by atomic mass is 10.2. The summed E-state index contributed by atoms with van der Waals surface area (Å²) in [7, 11) is 0. The van der Waals surface area contributed by atoms with E-state index in [9.17, 15) is 4.79 Å². The number of thiophene rings is 1. The van der Waals surface area contributed by atoms with Crippen molar-refractivity contribution in [2.24, 2.45) is 0 Å². The third-order valence-electron chi connectivity index (χ3n) is 2.91. The SMILES string of the molecule is O=C(Cc1ccc(Cl)s1)N1CCCCCC1. The molecule has 88 valence electrons. The van der Waals surface area contributed by atoms with Gasteiger partial charge in [0.25, 0.3) is 0 Å². The summed E-state index contributed by atoms with van der Waals surface area (Å²) in [5.74, 6) is 0.250. The molecule has 0 saturated carbocycles. The molecule has 0 unspecified atom stereocenters. The van der Waals surface area contributed by atoms with Gasteiger partial charge in [0.1, 0.15) is 0 Å². The maximum atomic E-state index is 12.0. The molecule has 2 heterocycles. The summed E-state index contributed by atoms with van der Waals surface area (Å²) in [6.07, 6.45) is 5.33. The van der Waals surface area contributed by atoms with Crippen LogP contribution in [-0.4, -0.2) is 23.9 Å². The Labute approximate surface area is 105 Å². The van der Waals surface area contributed by atoms with E-state index < -0.39 is 0 Å². The van der Waals surface area contributed by atoms with Gasteiger partial charge in [0.05, 0.1) is 10.8 Å². The first-order valence-corrected chi connectivity index (χ1v) is 6.97. The molecule has 1 aromatic rings. The van der Waals surface area contributed by atoms with Crippen LogP contribution in [-0.2, 0) is 11.2 Å². The zero-order chi connectivity index (χ0) is 11.4. The van der Waals surface area contributed by atoms with Gasteiger partial charge in [0, 0.05) is 18.0 Å². The van der Waals surface area contributed by atoms with Gasteiger partial charge in [-0.05, 0) is 25.0 Å². The third-order valence-corrected chi connectivity index (χ3v) is 4.14. The molecule has 0 radical (unpaired) electrons. The van der Waals surface area contributed by atoms with Crippen LogP contribution in [0.5, 0.6) is 0 Å². The number of hydrogen-bond acceptors (Lipinski definition) is 2. The van der Waals surface area contributed by atoms with E-state index in [-0.39, 0.29) is 5.91 Å². The van der Waals surface area contributed by atoms with E-state index in [0.29, 0.717) is 6.42 Å². The smallest absolute Gasteiger partial charge is 0.227 e. The second-order valence-electron chi connectivity index (χ2n) is 4.18. The van der Waals surface area contributed by atoms with Gasteiger partial charge in [-0.25, -0.2) is 0 Å². The molecule has 0 spiro atoms. The highest BCUT2D eigenvalue weighted by molar-refractivity contribution is 7.16. The summed E-state index contributed by atoms with van der Waals surface area (Å²) in [5, 5.41) is 0. The number of likely N-dealkylation sites (tertiary alicyclic amines) is 1. The van der Waals surface area contributed by atoms with E-state index in [1.807, 2.05) is 17.0 Å². The molecule has 0 aromatic carbocycles. The van der Waals surface area contributed by atoms with Gasteiger partial charge in [0.15, 0.2) is 0 Å². The summed E-state index contributed by atoms with van der Waals surface area (Å²) < 4.78 is 0.763. The normalized spacial score (nSPS) is 17.2. The average Bonchev–Trinajstić information content (AvgIpc) is 2.56. The van der Waals surface area contributed by atoms with Gasteiger partial charge in [-0.3, -0.25) is 4.79 Å². The highest BCUT2D eigenvalue weighted by Gasteiger charge is 2.16. The van der Waals surface area contributed by atoms with Gasteiger partial charge >= 0.3 is 0 Å². The van der Waals surface area contributed by atoms with E-state index in [1.54, 1.807) is 0 Å². The van der Waals surface area contributed by atoms with Gasteiger partial charge in [-0.15, -0.1) is 11.3 Å². The Kier molecular flexibility index (Phi) is 4.24. The van der Waals surface area contributed by atoms with Crippen molar-refractivity contribution in [2.75, 3.05) is 13.1 Å². The molecule has 2 rings (SSSR count). The Morgan fingerprint density at radius 3 is 2.50 bits per heavy atom. The second kappa shape index (κ2) is 5.69. The van der Waals surface area contributed by atoms with E-state index >= 15 is 0 Å². The molecule has 1 saturated heterocycles. The Morgan fingerprint density at radius 1 is 1.25 bits per heavy atom. The predicted octanol–water partition coefficient (Wildman–Crippen LogP) is 3.35. The molecular weight excluding hydrogens is 242 g/mol. The van der Waals surface area contributed by atoms with Gasteiger partial charge in [-0.2, -0.15) is 0 Å². The number of rotatable bonds is 2. The van der Waals surface area contributed by atoms with Crippen LogP contribution in [0, 0.1) is 0 Å². The number of halogens is 1. The van der Waals surface area contributed by atoms with E-state index in [1.165, 1.54) is 24.2 Å². The van der Waals surface area contributed by atoms with Gasteiger partial charge < -0.3 is 4.90 Å². The van der Waals surface area contributed by atoms with Crippen LogP contribution in [0.15, 0.2) is 12.1 Å². The minimum absolute atomic E-state index is 0.250. The molecular formula is C12H16ClNOS. The van der Waals surface area contributed by atoms with Crippen molar-refractivity contribution < 1.29 is 4.79 Å². The first-order chi connectivity index (χ1) is 7.75. The second-order valence-corrected chi connectivity index (χ2v) is 5.98. The fourth-order valence-electron chi connectivity index (χ4n) is 2.03. The molecule has 1 amide bonds. The largest absolute Gasteiger partial charge is 0.342 e. The molecule has 0 aliphatic carbocycles. The first-order valence-electron chi connectivity index (χ1n) is 5.78. The zero-order valence-corrected chi connectivity index (χ0v) is 10.8. The predicted molar refractivity (Wildman–Crippen MR) is 68.1 cm³/mol. The Balaban J connectivity index is 1.91. The quantitative estimate of drug-likeness (QED) is 0.796. The zero-order valence-electron chi connectivity index (χ0n) is 9.25. The molecule has 2 nitrogen and oxygen atoms in total. The lowest BCUT2D eigenvalue weighted by molar-refractivity contribution is -0.130. The number of nitrogens with zero attached hydrogens (tertiary/aromatic N) is 1. The fourth-order valence-corrected chi connectivity index (χ4v) is 3.11. The average molecular weight is 258 g/mol. The molecule has 16 heavy (non-hydrogen) atoms. The first kappa shape index (κ1) is 11.9. The van der Waals surface area contributed by atoms with Gasteiger partial charge in [-0.1, -0.05) is 24.4 Å². The number of hydrogen-bond donors (Lipinski definition) is 0. The van der Waals surface area contributed by atoms with Crippen LogP contribution in [0.3, 0.4) is 0 Å². The molecule has 1 aliphatic rings. The molecule has 1 aromatic heterocycles. The molecule has 0 bridgehead atoms. The maximum Gasteiger partial charge on any atom is 0.227 e. The fraction of sp³-hybridized carbons (Fsp3) is 0.583. The number of carbonyl (C=O) groups is 1. The Hall–Kier alpha value is -0.540. The minimum atomic E-state index is 0.250. The van der Waals surface area contributed by atoms with Crippen LogP contribution in [0.2, 0.25) is 4.34 Å². The van der Waals surface area contributed by atoms with Crippen LogP contribution in [0.25, 0.3) is 0 Å². The highest BCUT2D eigenvalue weighted by atomic mass is 35.5. The van der Waals surface area contributed by atoms with E-state index in [4.69, 9.17) is 11.6 Å². The molecule has 1 aliphatic heterocycles. The summed E-state index contributed by atoms with van der Waals surface area (Å²) in [6.45, 7) is 1.86. The molecule has 1 fully saturated rings. The van der Waals surface area contributed by atoms with Crippen molar-refractivity contribution in [3.05, 3.63) is 21.3 Å². The monoisotopic (exact) mass is 257 g/mol. The highest BCUT2D eigenvalue weighted by Crippen LogP contribution is 2.22. The van der Waals surface area contributed by atoms with Crippen molar-refractivity contribution in [1.82, 2.24) is 4.90 Å². The minimum Gasteiger partial charge on any atom is -0.342 e. The number of amides is 1. The lowest BCUT2D eigenvalue weighted by Gasteiger charge is -2.19. The van der Waals surface area contributed by atoms with Crippen LogP contribution in [0.4, 0.5) is 0 Å². The van der Waals surface area contributed by atoms with Crippen LogP contribution < -0.4 is 0 Å². The molecule has 4 heteroatoms. The molecule has 0 N–H and O–H groups in total. The van der Waals surface area contributed by atoms with Crippen molar-refractivity contribution in [2.45, 2.75) is 32.1 Å². The maximum absolute atomic E-state index is 12.0. The topological polar surface area (TPSA) is 20.3 Å². The summed E-state index contributed by atoms with van der Waals surface area (Å²) >= 11 is 7.35. The van der Waals surface area contributed by atoms with Crippen molar-refractivity contribution in [1.29, 1.82) is 0 Å². The van der Waals surface area contributed by atoms with E-state index in [2.05, 4.69) is 0 Å². The summed E-state index contributed by atoms with van der Waals surface area (Å²) in [6, 6.07) is 3.81. The molecule has 0 atom stereocenters. The third kappa shape index (κ3) is 3.22. The van der Waals surface area contributed by atoms with Gasteiger partial charge in [0.2, 0.25) is 5.91 Å². The summed E-state index contributed by atoms with van der Waals surface area (Å²) in [4.78, 5) is 15.1. The van der Waals surface area contributed by atoms with Crippen molar-refractivity contribution in [3.8, 4) is 0 Å². The summed E-state index contributed by atoms with van der Waals surface area (Å²) in [5.41, 5.74) is 0. The lowest BCUT2D eigenvalue weighted by Crippen LogP contribution is -2.32. The number of carbonyl (C=O) groups excluding carboxylic acids is 1. The Morgan fingerprint density at radius 2 is 1.94 bits per heavy atom.